The van der Waals surface area contributed by atoms with Crippen LogP contribution in [0, 0.1) is 5.92 Å². The monoisotopic (exact) mass is 247 g/mol. The molecule has 1 heterocycles. The van der Waals surface area contributed by atoms with Gasteiger partial charge in [-0.05, 0) is 52.2 Å². The summed E-state index contributed by atoms with van der Waals surface area (Å²) in [5, 5.41) is 3.51. The zero-order valence-corrected chi connectivity index (χ0v) is 11.9. The van der Waals surface area contributed by atoms with Crippen LogP contribution in [0.25, 0.3) is 0 Å². The van der Waals surface area contributed by atoms with Crippen LogP contribution in [0.5, 0.6) is 0 Å². The van der Waals surface area contributed by atoms with Crippen molar-refractivity contribution in [1.29, 1.82) is 0 Å². The standard InChI is InChI=1S/C15H25N3/c1-5-6-12(2)17-13(3)18-10-7-14(11-18)15(16-4)8-9-15/h5-6,14,16H,3,7-11H2,1-2,4H3/b6-5-,17-12-. The lowest BCUT2D eigenvalue weighted by Crippen LogP contribution is -2.37. The Kier molecular flexibility index (Phi) is 3.91. The molecule has 1 unspecified atom stereocenters. The molecule has 100 valence electrons. The second-order valence-corrected chi connectivity index (χ2v) is 5.51. The molecule has 0 spiro atoms. The van der Waals surface area contributed by atoms with E-state index in [-0.39, 0.29) is 0 Å². The first-order chi connectivity index (χ1) is 8.61. The number of likely N-dealkylation sites (tertiary alicyclic amines) is 1. The fourth-order valence-electron chi connectivity index (χ4n) is 3.00. The molecule has 1 saturated carbocycles. The largest absolute Gasteiger partial charge is 0.357 e. The van der Waals surface area contributed by atoms with E-state index in [1.54, 1.807) is 0 Å². The van der Waals surface area contributed by atoms with E-state index >= 15 is 0 Å². The minimum absolute atomic E-state index is 0.428. The molecule has 0 amide bonds. The van der Waals surface area contributed by atoms with Crippen molar-refractivity contribution in [2.45, 2.75) is 38.6 Å². The highest BCUT2D eigenvalue weighted by atomic mass is 15.2. The number of aliphatic imine (C=N–C) groups is 1. The maximum absolute atomic E-state index is 4.55. The lowest BCUT2D eigenvalue weighted by atomic mass is 9.97. The van der Waals surface area contributed by atoms with Crippen LogP contribution >= 0.6 is 0 Å². The molecule has 2 fully saturated rings. The van der Waals surface area contributed by atoms with E-state index < -0.39 is 0 Å². The van der Waals surface area contributed by atoms with Gasteiger partial charge in [0.05, 0.1) is 0 Å². The van der Waals surface area contributed by atoms with Crippen molar-refractivity contribution in [2.75, 3.05) is 20.1 Å². The summed E-state index contributed by atoms with van der Waals surface area (Å²) >= 11 is 0. The molecular weight excluding hydrogens is 222 g/mol. The van der Waals surface area contributed by atoms with Crippen LogP contribution in [0.2, 0.25) is 0 Å². The van der Waals surface area contributed by atoms with Crippen LogP contribution < -0.4 is 5.32 Å². The normalized spacial score (nSPS) is 26.9. The molecule has 1 N–H and O–H groups in total. The number of nitrogens with one attached hydrogen (secondary N) is 1. The molecule has 0 aromatic heterocycles. The fraction of sp³-hybridized carbons (Fsp3) is 0.667. The van der Waals surface area contributed by atoms with Gasteiger partial charge in [0.1, 0.15) is 5.82 Å². The van der Waals surface area contributed by atoms with Crippen LogP contribution in [0.15, 0.2) is 29.5 Å². The van der Waals surface area contributed by atoms with E-state index in [2.05, 4.69) is 28.8 Å². The van der Waals surface area contributed by atoms with Gasteiger partial charge >= 0.3 is 0 Å². The van der Waals surface area contributed by atoms with Crippen LogP contribution in [0.4, 0.5) is 0 Å². The molecular formula is C15H25N3. The third-order valence-electron chi connectivity index (χ3n) is 4.33. The van der Waals surface area contributed by atoms with Crippen LogP contribution in [-0.2, 0) is 0 Å². The van der Waals surface area contributed by atoms with Crippen molar-refractivity contribution in [2.24, 2.45) is 10.9 Å². The Morgan fingerprint density at radius 2 is 2.22 bits per heavy atom. The van der Waals surface area contributed by atoms with Gasteiger partial charge < -0.3 is 10.2 Å². The Morgan fingerprint density at radius 1 is 1.50 bits per heavy atom. The van der Waals surface area contributed by atoms with Crippen LogP contribution in [-0.4, -0.2) is 36.3 Å². The van der Waals surface area contributed by atoms with Crippen LogP contribution in [0.3, 0.4) is 0 Å². The van der Waals surface area contributed by atoms with Gasteiger partial charge in [0.2, 0.25) is 0 Å². The maximum atomic E-state index is 4.55. The van der Waals surface area contributed by atoms with Gasteiger partial charge in [-0.15, -0.1) is 0 Å². The van der Waals surface area contributed by atoms with Gasteiger partial charge in [-0.1, -0.05) is 12.7 Å². The first kappa shape index (κ1) is 13.3. The molecule has 2 aliphatic rings. The topological polar surface area (TPSA) is 27.6 Å². The third-order valence-corrected chi connectivity index (χ3v) is 4.33. The van der Waals surface area contributed by atoms with E-state index in [0.717, 1.165) is 30.5 Å². The zero-order valence-electron chi connectivity index (χ0n) is 11.9. The van der Waals surface area contributed by atoms with Crippen molar-refractivity contribution >= 4 is 5.71 Å². The molecule has 18 heavy (non-hydrogen) atoms. The Bertz CT molecular complexity index is 377. The second kappa shape index (κ2) is 5.27. The van der Waals surface area contributed by atoms with Gasteiger partial charge in [0.15, 0.2) is 0 Å². The summed E-state index contributed by atoms with van der Waals surface area (Å²) in [4.78, 5) is 6.88. The van der Waals surface area contributed by atoms with E-state index in [9.17, 15) is 0 Å². The first-order valence-electron chi connectivity index (χ1n) is 6.92. The first-order valence-corrected chi connectivity index (χ1v) is 6.92. The van der Waals surface area contributed by atoms with Gasteiger partial charge in [-0.25, -0.2) is 4.99 Å². The summed E-state index contributed by atoms with van der Waals surface area (Å²) in [7, 11) is 2.10. The Hall–Kier alpha value is -1.09. The number of nitrogens with zero attached hydrogens (tertiary/aromatic N) is 2. The smallest absolute Gasteiger partial charge is 0.121 e. The fourth-order valence-corrected chi connectivity index (χ4v) is 3.00. The van der Waals surface area contributed by atoms with Crippen molar-refractivity contribution in [3.63, 3.8) is 0 Å². The summed E-state index contributed by atoms with van der Waals surface area (Å²) < 4.78 is 0. The second-order valence-electron chi connectivity index (χ2n) is 5.51. The lowest BCUT2D eigenvalue weighted by molar-refractivity contribution is 0.336. The number of hydrogen-bond donors (Lipinski definition) is 1. The summed E-state index contributed by atoms with van der Waals surface area (Å²) in [6.45, 7) is 10.3. The van der Waals surface area contributed by atoms with E-state index in [1.807, 2.05) is 26.0 Å². The quantitative estimate of drug-likeness (QED) is 0.756. The number of allylic oxidation sites excluding steroid dienone is 2. The zero-order chi connectivity index (χ0) is 13.2. The van der Waals surface area contributed by atoms with Gasteiger partial charge in [0.25, 0.3) is 0 Å². The molecule has 0 bridgehead atoms. The third kappa shape index (κ3) is 2.66. The molecule has 1 atom stereocenters. The number of rotatable bonds is 5. The highest BCUT2D eigenvalue weighted by Gasteiger charge is 2.50. The van der Waals surface area contributed by atoms with Crippen LogP contribution in [0.1, 0.15) is 33.1 Å². The summed E-state index contributed by atoms with van der Waals surface area (Å²) in [5.74, 6) is 1.68. The Morgan fingerprint density at radius 3 is 2.78 bits per heavy atom. The predicted molar refractivity (Wildman–Crippen MR) is 77.8 cm³/mol. The molecule has 1 aliphatic heterocycles. The lowest BCUT2D eigenvalue weighted by Gasteiger charge is -2.23. The minimum Gasteiger partial charge on any atom is -0.357 e. The molecule has 0 radical (unpaired) electrons. The SMILES string of the molecule is C=C(/N=C(C)\C=C/C)N1CCC(C2(NC)CC2)C1. The average molecular weight is 247 g/mol. The maximum Gasteiger partial charge on any atom is 0.121 e. The summed E-state index contributed by atoms with van der Waals surface area (Å²) in [6, 6.07) is 0. The number of hydrogen-bond acceptors (Lipinski definition) is 3. The van der Waals surface area contributed by atoms with E-state index in [0.29, 0.717) is 5.54 Å². The molecule has 2 rings (SSSR count). The average Bonchev–Trinajstić information content (AvgIpc) is 2.98. The summed E-state index contributed by atoms with van der Waals surface area (Å²) in [6.07, 6.45) is 7.95. The predicted octanol–water partition coefficient (Wildman–Crippen LogP) is 2.57. The Balaban J connectivity index is 1.93. The van der Waals surface area contributed by atoms with Crippen molar-refractivity contribution in [3.05, 3.63) is 24.6 Å². The summed E-state index contributed by atoms with van der Waals surface area (Å²) in [5.41, 5.74) is 1.46. The minimum atomic E-state index is 0.428. The van der Waals surface area contributed by atoms with Crippen molar-refractivity contribution in [3.8, 4) is 0 Å². The van der Waals surface area contributed by atoms with E-state index in [4.69, 9.17) is 0 Å². The molecule has 0 aromatic carbocycles. The van der Waals surface area contributed by atoms with Crippen molar-refractivity contribution in [1.82, 2.24) is 10.2 Å². The highest BCUT2D eigenvalue weighted by molar-refractivity contribution is 5.93. The van der Waals surface area contributed by atoms with Gasteiger partial charge in [0, 0.05) is 24.3 Å². The Labute approximate surface area is 111 Å². The molecule has 1 aliphatic carbocycles. The molecule has 3 nitrogen and oxygen atoms in total. The molecule has 3 heteroatoms. The van der Waals surface area contributed by atoms with Gasteiger partial charge in [-0.3, -0.25) is 0 Å². The highest BCUT2D eigenvalue weighted by Crippen LogP contribution is 2.46. The van der Waals surface area contributed by atoms with Gasteiger partial charge in [-0.2, -0.15) is 0 Å². The van der Waals surface area contributed by atoms with E-state index in [1.165, 1.54) is 19.3 Å². The molecule has 0 aromatic rings. The van der Waals surface area contributed by atoms with Crippen molar-refractivity contribution < 1.29 is 0 Å². The molecule has 1 saturated heterocycles.